The van der Waals surface area contributed by atoms with Gasteiger partial charge >= 0.3 is 0 Å². The summed E-state index contributed by atoms with van der Waals surface area (Å²) in [5.74, 6) is 0.927. The third-order valence-corrected chi connectivity index (χ3v) is 4.24. The molecular weight excluding hydrogens is 294 g/mol. The van der Waals surface area contributed by atoms with Gasteiger partial charge in [0.05, 0.1) is 6.61 Å². The molecule has 2 aromatic carbocycles. The van der Waals surface area contributed by atoms with Gasteiger partial charge in [-0.15, -0.1) is 0 Å². The first-order chi connectivity index (χ1) is 10.1. The summed E-state index contributed by atoms with van der Waals surface area (Å²) in [6.07, 6.45) is 0.644. The van der Waals surface area contributed by atoms with Crippen LogP contribution in [0.2, 0.25) is 0 Å². The highest BCUT2D eigenvalue weighted by Crippen LogP contribution is 2.11. The van der Waals surface area contributed by atoms with Gasteiger partial charge in [-0.3, -0.25) is 4.21 Å². The van der Waals surface area contributed by atoms with E-state index < -0.39 is 10.8 Å². The number of ether oxygens (including phenoxy) is 1. The molecule has 0 saturated heterocycles. The van der Waals surface area contributed by atoms with Gasteiger partial charge in [0.1, 0.15) is 17.4 Å². The predicted octanol–water partition coefficient (Wildman–Crippen LogP) is 3.68. The van der Waals surface area contributed by atoms with Crippen LogP contribution in [0.15, 0.2) is 48.5 Å². The number of hydrogen-bond acceptors (Lipinski definition) is 2. The van der Waals surface area contributed by atoms with E-state index in [4.69, 9.17) is 4.74 Å². The minimum Gasteiger partial charge on any atom is -0.494 e. The maximum atomic E-state index is 12.7. The monoisotopic (exact) mass is 310 g/mol. The Morgan fingerprint density at radius 1 is 0.905 bits per heavy atom. The average Bonchev–Trinajstić information content (AvgIpc) is 2.48. The zero-order valence-electron chi connectivity index (χ0n) is 11.4. The standard InChI is InChI=1S/C16H16F2O2S/c17-14-4-2-13(3-5-14)12-21(19)11-1-10-20-16-8-6-15(18)7-9-16/h2-9H,1,10-12H2/t21-/m1/s1. The van der Waals surface area contributed by atoms with Crippen molar-refractivity contribution in [2.24, 2.45) is 0 Å². The van der Waals surface area contributed by atoms with Crippen molar-refractivity contribution in [3.63, 3.8) is 0 Å². The van der Waals surface area contributed by atoms with Crippen molar-refractivity contribution in [3.8, 4) is 5.75 Å². The molecule has 5 heteroatoms. The molecule has 0 amide bonds. The molecule has 0 N–H and O–H groups in total. The molecule has 0 aliphatic heterocycles. The third kappa shape index (κ3) is 5.63. The maximum absolute atomic E-state index is 12.7. The van der Waals surface area contributed by atoms with Crippen LogP contribution in [-0.4, -0.2) is 16.6 Å². The summed E-state index contributed by atoms with van der Waals surface area (Å²) < 4.78 is 42.7. The molecular formula is C16H16F2O2S. The number of benzene rings is 2. The second-order valence-corrected chi connectivity index (χ2v) is 6.15. The highest BCUT2D eigenvalue weighted by Gasteiger charge is 2.03. The Morgan fingerprint density at radius 2 is 1.48 bits per heavy atom. The molecule has 21 heavy (non-hydrogen) atoms. The van der Waals surface area contributed by atoms with Crippen LogP contribution in [0, 0.1) is 11.6 Å². The summed E-state index contributed by atoms with van der Waals surface area (Å²) in [7, 11) is -1.00. The molecule has 2 aromatic rings. The summed E-state index contributed by atoms with van der Waals surface area (Å²) in [5.41, 5.74) is 0.856. The summed E-state index contributed by atoms with van der Waals surface area (Å²) in [6, 6.07) is 11.8. The molecule has 0 radical (unpaired) electrons. The van der Waals surface area contributed by atoms with Crippen molar-refractivity contribution in [2.75, 3.05) is 12.4 Å². The van der Waals surface area contributed by atoms with Crippen LogP contribution in [0.25, 0.3) is 0 Å². The quantitative estimate of drug-likeness (QED) is 0.729. The van der Waals surface area contributed by atoms with Gasteiger partial charge in [-0.25, -0.2) is 8.78 Å². The second-order valence-electron chi connectivity index (χ2n) is 4.57. The van der Waals surface area contributed by atoms with Gasteiger partial charge in [0.15, 0.2) is 0 Å². The van der Waals surface area contributed by atoms with Crippen LogP contribution < -0.4 is 4.74 Å². The lowest BCUT2D eigenvalue weighted by Gasteiger charge is -2.06. The highest BCUT2D eigenvalue weighted by molar-refractivity contribution is 7.84. The fourth-order valence-corrected chi connectivity index (χ4v) is 2.93. The van der Waals surface area contributed by atoms with E-state index in [0.717, 1.165) is 5.56 Å². The lowest BCUT2D eigenvalue weighted by atomic mass is 10.2. The normalized spacial score (nSPS) is 12.1. The first-order valence-corrected chi connectivity index (χ1v) is 8.10. The maximum Gasteiger partial charge on any atom is 0.123 e. The van der Waals surface area contributed by atoms with E-state index in [2.05, 4.69) is 0 Å². The Bertz CT molecular complexity index is 582. The van der Waals surface area contributed by atoms with Gasteiger partial charge in [0.2, 0.25) is 0 Å². The lowest BCUT2D eigenvalue weighted by Crippen LogP contribution is -2.06. The van der Waals surface area contributed by atoms with Gasteiger partial charge < -0.3 is 4.74 Å². The molecule has 2 rings (SSSR count). The van der Waals surface area contributed by atoms with Crippen molar-refractivity contribution in [1.29, 1.82) is 0 Å². The Labute approximate surface area is 125 Å². The van der Waals surface area contributed by atoms with Crippen LogP contribution in [0.3, 0.4) is 0 Å². The van der Waals surface area contributed by atoms with E-state index in [0.29, 0.717) is 30.3 Å². The molecule has 0 saturated carbocycles. The van der Waals surface area contributed by atoms with E-state index in [9.17, 15) is 13.0 Å². The van der Waals surface area contributed by atoms with Gasteiger partial charge in [0, 0.05) is 22.3 Å². The molecule has 0 fully saturated rings. The molecule has 0 aliphatic carbocycles. The smallest absolute Gasteiger partial charge is 0.123 e. The molecule has 2 nitrogen and oxygen atoms in total. The Morgan fingerprint density at radius 3 is 2.10 bits per heavy atom. The van der Waals surface area contributed by atoms with Crippen LogP contribution in [0.5, 0.6) is 5.75 Å². The summed E-state index contributed by atoms with van der Waals surface area (Å²) in [5, 5.41) is 0. The number of halogens is 2. The van der Waals surface area contributed by atoms with Crippen molar-refractivity contribution >= 4 is 10.8 Å². The van der Waals surface area contributed by atoms with Gasteiger partial charge in [-0.2, -0.15) is 0 Å². The predicted molar refractivity (Wildman–Crippen MR) is 79.6 cm³/mol. The van der Waals surface area contributed by atoms with E-state index in [1.165, 1.54) is 24.3 Å². The van der Waals surface area contributed by atoms with Crippen LogP contribution in [0.4, 0.5) is 8.78 Å². The van der Waals surface area contributed by atoms with Crippen molar-refractivity contribution in [3.05, 3.63) is 65.7 Å². The number of rotatable bonds is 7. The summed E-state index contributed by atoms with van der Waals surface area (Å²) in [6.45, 7) is 0.431. The first kappa shape index (κ1) is 15.6. The van der Waals surface area contributed by atoms with Crippen molar-refractivity contribution in [1.82, 2.24) is 0 Å². The lowest BCUT2D eigenvalue weighted by molar-refractivity contribution is 0.318. The van der Waals surface area contributed by atoms with Crippen molar-refractivity contribution < 1.29 is 17.7 Å². The van der Waals surface area contributed by atoms with Gasteiger partial charge in [0.25, 0.3) is 0 Å². The van der Waals surface area contributed by atoms with Crippen molar-refractivity contribution in [2.45, 2.75) is 12.2 Å². The minimum absolute atomic E-state index is 0.294. The van der Waals surface area contributed by atoms with Crippen LogP contribution in [-0.2, 0) is 16.6 Å². The summed E-state index contributed by atoms with van der Waals surface area (Å²) in [4.78, 5) is 0. The fraction of sp³-hybridized carbons (Fsp3) is 0.250. The molecule has 0 unspecified atom stereocenters. The minimum atomic E-state index is -1.00. The molecule has 1 atom stereocenters. The molecule has 0 spiro atoms. The van der Waals surface area contributed by atoms with Gasteiger partial charge in [-0.1, -0.05) is 12.1 Å². The Hall–Kier alpha value is -1.75. The average molecular weight is 310 g/mol. The molecule has 0 heterocycles. The van der Waals surface area contributed by atoms with E-state index >= 15 is 0 Å². The topological polar surface area (TPSA) is 26.3 Å². The highest BCUT2D eigenvalue weighted by atomic mass is 32.2. The van der Waals surface area contributed by atoms with Crippen LogP contribution >= 0.6 is 0 Å². The Balaban J connectivity index is 1.67. The Kier molecular flexibility index (Phi) is 5.87. The SMILES string of the molecule is O=[S@](CCCOc1ccc(F)cc1)Cc1ccc(F)cc1. The third-order valence-electron chi connectivity index (χ3n) is 2.84. The molecule has 0 aromatic heterocycles. The van der Waals surface area contributed by atoms with E-state index in [1.807, 2.05) is 0 Å². The molecule has 0 aliphatic rings. The fourth-order valence-electron chi connectivity index (χ4n) is 1.78. The molecule has 0 bridgehead atoms. The van der Waals surface area contributed by atoms with Crippen LogP contribution in [0.1, 0.15) is 12.0 Å². The largest absolute Gasteiger partial charge is 0.494 e. The van der Waals surface area contributed by atoms with Gasteiger partial charge in [-0.05, 0) is 48.4 Å². The number of hydrogen-bond donors (Lipinski definition) is 0. The van der Waals surface area contributed by atoms with E-state index in [-0.39, 0.29) is 11.6 Å². The molecule has 112 valence electrons. The van der Waals surface area contributed by atoms with E-state index in [1.54, 1.807) is 24.3 Å². The summed E-state index contributed by atoms with van der Waals surface area (Å²) >= 11 is 0. The second kappa shape index (κ2) is 7.88. The zero-order valence-corrected chi connectivity index (χ0v) is 12.2. The zero-order chi connectivity index (χ0) is 15.1. The first-order valence-electron chi connectivity index (χ1n) is 6.61.